The quantitative estimate of drug-likeness (QED) is 0.0368. The molecule has 0 spiro atoms. The molecule has 1 heterocycles. The molecule has 79 heavy (non-hydrogen) atoms. The second-order valence-electron chi connectivity index (χ2n) is 21.3. The summed E-state index contributed by atoms with van der Waals surface area (Å²) in [5.41, 5.74) is 13.1. The summed E-state index contributed by atoms with van der Waals surface area (Å²) in [5.74, 6) is -9.53. The highest BCUT2D eigenvalue weighted by Crippen LogP contribution is 2.14. The van der Waals surface area contributed by atoms with Gasteiger partial charge in [-0.3, -0.25) is 43.2 Å². The van der Waals surface area contributed by atoms with Crippen molar-refractivity contribution in [1.29, 1.82) is 0 Å². The number of aromatic nitrogens is 2. The molecule has 9 atom stereocenters. The summed E-state index contributed by atoms with van der Waals surface area (Å²) < 4.78 is 0. The Labute approximate surface area is 461 Å². The summed E-state index contributed by atoms with van der Waals surface area (Å²) in [4.78, 5) is 143. The van der Waals surface area contributed by atoms with Crippen molar-refractivity contribution in [2.45, 2.75) is 161 Å². The SMILES string of the molecule is CC(C)C[C@H](NC(=O)[C@H](CCC(N)=O)NC(=O)[C@H](CC(C)C)NC(=O)[C@H](CC(C)C)NC(=O)[C@H](Cc1ccccc1)NC(=O)[C@H](Cc1cnc[nH]1)NC(=O)[C@H](CO)NC(=O)[C@H](Cc1ccccc1)NC(=O)[C@@H](N)C(C)C)C(=O)O. The van der Waals surface area contributed by atoms with Crippen LogP contribution >= 0.6 is 0 Å². The van der Waals surface area contributed by atoms with Crippen LogP contribution in [0.5, 0.6) is 0 Å². The molecule has 0 fully saturated rings. The molecule has 0 saturated heterocycles. The molecule has 24 heteroatoms. The zero-order chi connectivity index (χ0) is 58.9. The molecule has 0 aliphatic heterocycles. The Morgan fingerprint density at radius 3 is 1.24 bits per heavy atom. The molecule has 0 radical (unpaired) electrons. The lowest BCUT2D eigenvalue weighted by atomic mass is 9.98. The monoisotopic (exact) mass is 1100 g/mol. The third-order valence-corrected chi connectivity index (χ3v) is 12.6. The second-order valence-corrected chi connectivity index (χ2v) is 21.3. The van der Waals surface area contributed by atoms with Gasteiger partial charge in [0, 0.05) is 37.6 Å². The molecular formula is C55H82N12O12. The first-order valence-corrected chi connectivity index (χ1v) is 26.6. The van der Waals surface area contributed by atoms with Gasteiger partial charge in [0.05, 0.1) is 19.0 Å². The van der Waals surface area contributed by atoms with Crippen molar-refractivity contribution >= 4 is 59.1 Å². The molecule has 0 unspecified atom stereocenters. The summed E-state index contributed by atoms with van der Waals surface area (Å²) in [6.07, 6.45) is 1.98. The normalized spacial score (nSPS) is 14.8. The van der Waals surface area contributed by atoms with Crippen LogP contribution in [-0.4, -0.2) is 140 Å². The maximum absolute atomic E-state index is 14.6. The predicted octanol–water partition coefficient (Wildman–Crippen LogP) is -0.220. The van der Waals surface area contributed by atoms with Crippen LogP contribution in [0.3, 0.4) is 0 Å². The first-order valence-electron chi connectivity index (χ1n) is 26.6. The Morgan fingerprint density at radius 2 is 0.848 bits per heavy atom. The number of nitrogens with one attached hydrogen (secondary N) is 9. The van der Waals surface area contributed by atoms with E-state index in [1.54, 1.807) is 116 Å². The average molecular weight is 1100 g/mol. The number of H-pyrrole nitrogens is 1. The van der Waals surface area contributed by atoms with Gasteiger partial charge in [0.2, 0.25) is 53.2 Å². The number of nitrogens with two attached hydrogens (primary N) is 2. The van der Waals surface area contributed by atoms with Crippen molar-refractivity contribution in [1.82, 2.24) is 52.5 Å². The molecular weight excluding hydrogens is 1020 g/mol. The lowest BCUT2D eigenvalue weighted by Crippen LogP contribution is -2.61. The largest absolute Gasteiger partial charge is 0.480 e. The van der Waals surface area contributed by atoms with Crippen molar-refractivity contribution in [2.75, 3.05) is 6.61 Å². The van der Waals surface area contributed by atoms with E-state index >= 15 is 0 Å². The van der Waals surface area contributed by atoms with Crippen LogP contribution in [0.2, 0.25) is 0 Å². The fourth-order valence-corrected chi connectivity index (χ4v) is 8.27. The summed E-state index contributed by atoms with van der Waals surface area (Å²) >= 11 is 0. The molecule has 2 aromatic carbocycles. The predicted molar refractivity (Wildman–Crippen MR) is 292 cm³/mol. The summed E-state index contributed by atoms with van der Waals surface area (Å²) in [6.45, 7) is 13.3. The number of hydrogen-bond acceptors (Lipinski definition) is 13. The molecule has 1 aromatic heterocycles. The number of benzene rings is 2. The van der Waals surface area contributed by atoms with Gasteiger partial charge in [-0.15, -0.1) is 0 Å². The highest BCUT2D eigenvalue weighted by molar-refractivity contribution is 5.98. The molecule has 3 rings (SSSR count). The zero-order valence-electron chi connectivity index (χ0n) is 46.4. The number of nitrogens with zero attached hydrogens (tertiary/aromatic N) is 1. The van der Waals surface area contributed by atoms with E-state index in [1.807, 2.05) is 0 Å². The van der Waals surface area contributed by atoms with E-state index in [1.165, 1.54) is 12.5 Å². The van der Waals surface area contributed by atoms with Gasteiger partial charge < -0.3 is 69.2 Å². The summed E-state index contributed by atoms with van der Waals surface area (Å²) in [7, 11) is 0. The molecule has 3 aromatic rings. The second kappa shape index (κ2) is 32.9. The number of rotatable bonds is 34. The van der Waals surface area contributed by atoms with Gasteiger partial charge in [0.1, 0.15) is 48.3 Å². The van der Waals surface area contributed by atoms with Crippen molar-refractivity contribution in [3.05, 3.63) is 90.0 Å². The van der Waals surface area contributed by atoms with Crippen molar-refractivity contribution in [3.8, 4) is 0 Å². The number of carbonyl (C=O) groups is 10. The van der Waals surface area contributed by atoms with Gasteiger partial charge in [-0.25, -0.2) is 9.78 Å². The van der Waals surface area contributed by atoms with Crippen molar-refractivity contribution in [2.24, 2.45) is 35.1 Å². The summed E-state index contributed by atoms with van der Waals surface area (Å²) in [6, 6.07) is 5.33. The van der Waals surface area contributed by atoms with Gasteiger partial charge in [0.25, 0.3) is 0 Å². The van der Waals surface area contributed by atoms with Crippen LogP contribution in [0, 0.1) is 23.7 Å². The number of aromatic amines is 1. The maximum atomic E-state index is 14.6. The topological polar surface area (TPSA) is 388 Å². The third kappa shape index (κ3) is 23.4. The smallest absolute Gasteiger partial charge is 0.326 e. The Morgan fingerprint density at radius 1 is 0.494 bits per heavy atom. The van der Waals surface area contributed by atoms with Gasteiger partial charge >= 0.3 is 5.97 Å². The molecule has 434 valence electrons. The van der Waals surface area contributed by atoms with E-state index < -0.39 is 120 Å². The number of amides is 9. The highest BCUT2D eigenvalue weighted by atomic mass is 16.4. The van der Waals surface area contributed by atoms with E-state index in [0.29, 0.717) is 16.8 Å². The molecule has 0 bridgehead atoms. The molecule has 0 saturated carbocycles. The van der Waals surface area contributed by atoms with Crippen LogP contribution in [0.25, 0.3) is 0 Å². The third-order valence-electron chi connectivity index (χ3n) is 12.6. The van der Waals surface area contributed by atoms with Crippen molar-refractivity contribution in [3.63, 3.8) is 0 Å². The number of aliphatic hydroxyl groups is 1. The van der Waals surface area contributed by atoms with Gasteiger partial charge in [-0.1, -0.05) is 116 Å². The number of aliphatic hydroxyl groups excluding tert-OH is 1. The van der Waals surface area contributed by atoms with Crippen LogP contribution in [-0.2, 0) is 67.2 Å². The number of carboxylic acids is 1. The number of hydrogen-bond donors (Lipinski definition) is 13. The van der Waals surface area contributed by atoms with Crippen molar-refractivity contribution < 1.29 is 58.2 Å². The lowest BCUT2D eigenvalue weighted by Gasteiger charge is -2.29. The van der Waals surface area contributed by atoms with Crippen LogP contribution in [0.1, 0.15) is 104 Å². The first kappa shape index (κ1) is 65.6. The Hall–Kier alpha value is -7.73. The van der Waals surface area contributed by atoms with E-state index in [4.69, 9.17) is 11.5 Å². The number of aliphatic carboxylic acids is 1. The fraction of sp³-hybridized carbons (Fsp3) is 0.545. The Balaban J connectivity index is 1.93. The van der Waals surface area contributed by atoms with E-state index in [-0.39, 0.29) is 75.0 Å². The number of imidazole rings is 1. The van der Waals surface area contributed by atoms with Crippen LogP contribution in [0.15, 0.2) is 73.2 Å². The number of primary amides is 1. The van der Waals surface area contributed by atoms with E-state index in [9.17, 15) is 58.2 Å². The standard InChI is InChI=1S/C55H82N12O12/c1-30(2)21-38(48(71)60-37(19-20-45(56)69)47(70)66-43(55(78)79)23-32(5)6)61-49(72)39(22-31(3)4)62-50(73)40(24-34-15-11-9-12-16-34)63-52(75)42(26-36-27-58-29-59-36)64-53(76)44(28-68)67-51(74)41(25-35-17-13-10-14-18-35)65-54(77)46(57)33(7)8/h9-18,27,29-33,37-44,46,68H,19-26,28,57H2,1-8H3,(H2,56,69)(H,58,59)(H,60,71)(H,61,72)(H,62,73)(H,63,75)(H,64,76)(H,65,77)(H,66,70)(H,67,74)(H,78,79)/t37-,38-,39-,40-,41-,42-,43-,44-,46-/m0/s1. The van der Waals surface area contributed by atoms with Crippen LogP contribution < -0.4 is 54.0 Å². The first-order chi connectivity index (χ1) is 37.3. The Bertz CT molecular complexity index is 2480. The van der Waals surface area contributed by atoms with Gasteiger partial charge in [-0.05, 0) is 60.5 Å². The molecule has 0 aliphatic rings. The number of carboxylic acid groups (broad SMARTS) is 1. The minimum atomic E-state index is -1.64. The minimum Gasteiger partial charge on any atom is -0.480 e. The highest BCUT2D eigenvalue weighted by Gasteiger charge is 2.36. The van der Waals surface area contributed by atoms with Gasteiger partial charge in [0.15, 0.2) is 0 Å². The average Bonchev–Trinajstić information content (AvgIpc) is 3.91. The molecule has 15 N–H and O–H groups in total. The van der Waals surface area contributed by atoms with E-state index in [0.717, 1.165) is 0 Å². The zero-order valence-corrected chi connectivity index (χ0v) is 46.4. The molecule has 24 nitrogen and oxygen atoms in total. The van der Waals surface area contributed by atoms with E-state index in [2.05, 4.69) is 52.5 Å². The maximum Gasteiger partial charge on any atom is 0.326 e. The minimum absolute atomic E-state index is 0.00310. The Kier molecular flexibility index (Phi) is 27.3. The summed E-state index contributed by atoms with van der Waals surface area (Å²) in [5, 5.41) is 41.2. The molecule has 0 aliphatic carbocycles. The fourth-order valence-electron chi connectivity index (χ4n) is 8.27. The molecule has 9 amide bonds. The van der Waals surface area contributed by atoms with Crippen LogP contribution in [0.4, 0.5) is 0 Å². The lowest BCUT2D eigenvalue weighted by molar-refractivity contribution is -0.143. The number of carbonyl (C=O) groups excluding carboxylic acids is 9. The van der Waals surface area contributed by atoms with Gasteiger partial charge in [-0.2, -0.15) is 0 Å².